The first-order valence-corrected chi connectivity index (χ1v) is 9.13. The van der Waals surface area contributed by atoms with Crippen molar-refractivity contribution in [1.29, 1.82) is 0 Å². The van der Waals surface area contributed by atoms with Gasteiger partial charge in [-0.25, -0.2) is 9.59 Å². The molecular weight excluding hydrogens is 426 g/mol. The Morgan fingerprint density at radius 2 is 1.62 bits per heavy atom. The van der Waals surface area contributed by atoms with Crippen molar-refractivity contribution in [3.8, 4) is 0 Å². The van der Waals surface area contributed by atoms with E-state index in [9.17, 15) is 39.2 Å². The van der Waals surface area contributed by atoms with Crippen LogP contribution in [0, 0.1) is 10.1 Å². The third kappa shape index (κ3) is 4.14. The molecule has 1 aliphatic rings. The predicted molar refractivity (Wildman–Crippen MR) is 106 cm³/mol. The number of nitrogens with one attached hydrogen (secondary N) is 1. The van der Waals surface area contributed by atoms with Crippen LogP contribution in [0.2, 0.25) is 0 Å². The first kappa shape index (κ1) is 22.1. The van der Waals surface area contributed by atoms with Crippen LogP contribution in [0.5, 0.6) is 0 Å². The van der Waals surface area contributed by atoms with E-state index in [1.54, 1.807) is 0 Å². The summed E-state index contributed by atoms with van der Waals surface area (Å²) in [7, 11) is 0. The molecule has 2 aromatic carbocycles. The molecule has 164 valence electrons. The maximum Gasteiger partial charge on any atom is 0.342 e. The number of hydrogen-bond acceptors (Lipinski definition) is 7. The average molecular weight is 441 g/mol. The number of anilines is 1. The lowest BCUT2D eigenvalue weighted by atomic mass is 10.1. The van der Waals surface area contributed by atoms with E-state index in [0.717, 1.165) is 18.2 Å². The largest absolute Gasteiger partial charge is 0.480 e. The van der Waals surface area contributed by atoms with Gasteiger partial charge >= 0.3 is 11.9 Å². The Morgan fingerprint density at radius 1 is 1.03 bits per heavy atom. The van der Waals surface area contributed by atoms with Gasteiger partial charge in [0.2, 0.25) is 5.91 Å². The van der Waals surface area contributed by atoms with E-state index in [4.69, 9.17) is 5.11 Å². The van der Waals surface area contributed by atoms with Crippen molar-refractivity contribution in [2.24, 2.45) is 0 Å². The minimum atomic E-state index is -1.60. The molecule has 0 saturated heterocycles. The third-order valence-corrected chi connectivity index (χ3v) is 4.77. The van der Waals surface area contributed by atoms with Gasteiger partial charge in [-0.15, -0.1) is 0 Å². The summed E-state index contributed by atoms with van der Waals surface area (Å²) in [5.41, 5.74) is -1.21. The van der Waals surface area contributed by atoms with Crippen LogP contribution in [-0.2, 0) is 9.59 Å². The number of carbonyl (C=O) groups is 5. The van der Waals surface area contributed by atoms with E-state index in [1.165, 1.54) is 24.3 Å². The Balaban J connectivity index is 1.72. The lowest BCUT2D eigenvalue weighted by Crippen LogP contribution is -2.45. The molecule has 12 heteroatoms. The second-order valence-electron chi connectivity index (χ2n) is 6.76. The van der Waals surface area contributed by atoms with Gasteiger partial charge in [0.25, 0.3) is 17.5 Å². The van der Waals surface area contributed by atoms with Gasteiger partial charge < -0.3 is 15.5 Å². The van der Waals surface area contributed by atoms with E-state index in [2.05, 4.69) is 5.32 Å². The molecule has 0 spiro atoms. The number of hydrogen-bond donors (Lipinski definition) is 3. The van der Waals surface area contributed by atoms with E-state index in [1.807, 2.05) is 0 Å². The molecule has 1 unspecified atom stereocenters. The molecule has 0 bridgehead atoms. The number of nitro benzene ring substituents is 1. The number of nitrogens with zero attached hydrogens (tertiary/aromatic N) is 2. The molecule has 0 radical (unpaired) electrons. The number of nitro groups is 1. The Labute approximate surface area is 179 Å². The first-order valence-electron chi connectivity index (χ1n) is 9.13. The summed E-state index contributed by atoms with van der Waals surface area (Å²) in [5.74, 6) is -5.34. The number of rotatable bonds is 8. The van der Waals surface area contributed by atoms with Crippen molar-refractivity contribution in [1.82, 2.24) is 4.90 Å². The van der Waals surface area contributed by atoms with Crippen molar-refractivity contribution in [3.63, 3.8) is 0 Å². The van der Waals surface area contributed by atoms with Crippen LogP contribution in [0.4, 0.5) is 11.4 Å². The summed E-state index contributed by atoms with van der Waals surface area (Å²) < 4.78 is 0. The average Bonchev–Trinajstić information content (AvgIpc) is 2.99. The second kappa shape index (κ2) is 8.63. The maximum absolute atomic E-state index is 12.5. The second-order valence-corrected chi connectivity index (χ2v) is 6.76. The Morgan fingerprint density at radius 3 is 2.12 bits per heavy atom. The summed E-state index contributed by atoms with van der Waals surface area (Å²) in [6.07, 6.45) is -0.824. The lowest BCUT2D eigenvalue weighted by Gasteiger charge is -2.22. The highest BCUT2D eigenvalue weighted by Crippen LogP contribution is 2.27. The number of carboxylic acids is 2. The number of aromatic carboxylic acids is 1. The lowest BCUT2D eigenvalue weighted by molar-refractivity contribution is -0.385. The molecule has 3 amide bonds. The van der Waals surface area contributed by atoms with Gasteiger partial charge in [0, 0.05) is 18.2 Å². The fourth-order valence-corrected chi connectivity index (χ4v) is 3.29. The van der Waals surface area contributed by atoms with Crippen molar-refractivity contribution in [2.75, 3.05) is 5.32 Å². The van der Waals surface area contributed by atoms with Crippen molar-refractivity contribution >= 4 is 41.0 Å². The minimum absolute atomic E-state index is 0.0504. The molecule has 3 N–H and O–H groups in total. The van der Waals surface area contributed by atoms with E-state index in [0.29, 0.717) is 4.90 Å². The highest BCUT2D eigenvalue weighted by atomic mass is 16.6. The van der Waals surface area contributed by atoms with E-state index in [-0.39, 0.29) is 16.8 Å². The fraction of sp³-hybridized carbons (Fsp3) is 0.150. The first-order chi connectivity index (χ1) is 15.1. The van der Waals surface area contributed by atoms with Gasteiger partial charge in [-0.3, -0.25) is 29.4 Å². The zero-order valence-corrected chi connectivity index (χ0v) is 16.2. The van der Waals surface area contributed by atoms with Gasteiger partial charge in [0.1, 0.15) is 11.6 Å². The van der Waals surface area contributed by atoms with Crippen molar-refractivity contribution in [3.05, 3.63) is 69.3 Å². The summed E-state index contributed by atoms with van der Waals surface area (Å²) in [6.45, 7) is 0. The smallest absolute Gasteiger partial charge is 0.342 e. The van der Waals surface area contributed by atoms with Crippen LogP contribution < -0.4 is 5.32 Å². The molecule has 12 nitrogen and oxygen atoms in total. The van der Waals surface area contributed by atoms with Crippen LogP contribution in [0.15, 0.2) is 42.5 Å². The summed E-state index contributed by atoms with van der Waals surface area (Å²) >= 11 is 0. The molecule has 0 saturated carbocycles. The molecule has 1 atom stereocenters. The van der Waals surface area contributed by atoms with Gasteiger partial charge in [-0.1, -0.05) is 12.1 Å². The molecule has 1 aliphatic heterocycles. The number of aliphatic carboxylic acids is 1. The number of benzene rings is 2. The van der Waals surface area contributed by atoms with E-state index >= 15 is 0 Å². The molecule has 0 aliphatic carbocycles. The number of carboxylic acid groups (broad SMARTS) is 2. The Kier molecular flexibility index (Phi) is 5.96. The third-order valence-electron chi connectivity index (χ3n) is 4.77. The number of fused-ring (bicyclic) bond motifs is 1. The fourth-order valence-electron chi connectivity index (χ4n) is 3.29. The quantitative estimate of drug-likeness (QED) is 0.312. The SMILES string of the molecule is O=C(CCC(C(=O)O)N1C(=O)c2ccccc2C1=O)Nc1ccc([N+](=O)[O-])c(C(=O)O)c1. The summed E-state index contributed by atoms with van der Waals surface area (Å²) in [5, 5.41) is 31.9. The van der Waals surface area contributed by atoms with Crippen molar-refractivity contribution < 1.29 is 39.1 Å². The zero-order chi connectivity index (χ0) is 23.6. The molecule has 32 heavy (non-hydrogen) atoms. The van der Waals surface area contributed by atoms with Crippen LogP contribution in [-0.4, -0.2) is 55.7 Å². The molecule has 1 heterocycles. The Bertz CT molecular complexity index is 1140. The summed E-state index contributed by atoms with van der Waals surface area (Å²) in [6, 6.07) is 7.21. The number of carbonyl (C=O) groups excluding carboxylic acids is 3. The molecule has 3 rings (SSSR count). The predicted octanol–water partition coefficient (Wildman–Crippen LogP) is 1.76. The molecule has 0 fully saturated rings. The monoisotopic (exact) mass is 441 g/mol. The van der Waals surface area contributed by atoms with Crippen LogP contribution in [0.3, 0.4) is 0 Å². The van der Waals surface area contributed by atoms with Gasteiger partial charge in [0.05, 0.1) is 16.1 Å². The van der Waals surface area contributed by atoms with Gasteiger partial charge in [0.15, 0.2) is 0 Å². The zero-order valence-electron chi connectivity index (χ0n) is 16.2. The number of amides is 3. The summed E-state index contributed by atoms with van der Waals surface area (Å²) in [4.78, 5) is 70.8. The van der Waals surface area contributed by atoms with Gasteiger partial charge in [-0.2, -0.15) is 0 Å². The molecule has 2 aromatic rings. The molecule has 0 aromatic heterocycles. The standard InChI is InChI=1S/C20H15N3O9/c24-16(21-10-5-6-14(23(31)32)13(9-10)19(27)28)8-7-15(20(29)30)22-17(25)11-3-1-2-4-12(11)18(22)26/h1-6,9,15H,7-8H2,(H,21,24)(H,27,28)(H,29,30). The Hall–Kier alpha value is -4.61. The van der Waals surface area contributed by atoms with Crippen molar-refractivity contribution in [2.45, 2.75) is 18.9 Å². The molecular formula is C20H15N3O9. The van der Waals surface area contributed by atoms with Gasteiger partial charge in [-0.05, 0) is 30.7 Å². The highest BCUT2D eigenvalue weighted by molar-refractivity contribution is 6.22. The number of imide groups is 1. The maximum atomic E-state index is 12.5. The normalized spacial score (nSPS) is 13.4. The minimum Gasteiger partial charge on any atom is -0.480 e. The van der Waals surface area contributed by atoms with Crippen LogP contribution >= 0.6 is 0 Å². The van der Waals surface area contributed by atoms with Crippen LogP contribution in [0.25, 0.3) is 0 Å². The highest BCUT2D eigenvalue weighted by Gasteiger charge is 2.42. The van der Waals surface area contributed by atoms with E-state index < -0.39 is 64.7 Å². The van der Waals surface area contributed by atoms with Crippen LogP contribution in [0.1, 0.15) is 43.9 Å². The topological polar surface area (TPSA) is 184 Å².